The van der Waals surface area contributed by atoms with Crippen LogP contribution < -0.4 is 0 Å². The molecule has 0 aromatic heterocycles. The van der Waals surface area contributed by atoms with Crippen LogP contribution in [-0.4, -0.2) is 37.0 Å². The van der Waals surface area contributed by atoms with Gasteiger partial charge in [0.05, 0.1) is 19.3 Å². The summed E-state index contributed by atoms with van der Waals surface area (Å²) in [6, 6.07) is 0. The molecule has 4 nitrogen and oxygen atoms in total. The summed E-state index contributed by atoms with van der Waals surface area (Å²) in [4.78, 5) is 13.5. The first kappa shape index (κ1) is 18.1. The number of hydrogen-bond acceptors (Lipinski definition) is 4. The van der Waals surface area contributed by atoms with E-state index in [-0.39, 0.29) is 22.9 Å². The number of rotatable bonds is 1. The van der Waals surface area contributed by atoms with Gasteiger partial charge in [0.2, 0.25) is 0 Å². The number of fused-ring (bicyclic) bond motifs is 8. The van der Waals surface area contributed by atoms with Gasteiger partial charge in [0.1, 0.15) is 6.10 Å². The summed E-state index contributed by atoms with van der Waals surface area (Å²) in [6.07, 6.45) is 8.23. The maximum Gasteiger partial charge on any atom is 0.177 e. The van der Waals surface area contributed by atoms with Crippen molar-refractivity contribution in [3.63, 3.8) is 0 Å². The standard InChI is InChI=1S/C24H34O4/c1-13(2)15-11-16-20-14(5-8-23(16,4)24(15)26-9-10-27-24)22(3)7-6-19-21(28-19)17(22)12-18(20)25/h12-16,19-21H,5-11H2,1-4H3/t14-,15-,16-,19+,20+,21-,22+,23-/m0/s1. The van der Waals surface area contributed by atoms with Crippen LogP contribution in [0, 0.1) is 40.4 Å². The lowest BCUT2D eigenvalue weighted by Crippen LogP contribution is -2.58. The zero-order chi connectivity index (χ0) is 19.5. The predicted molar refractivity (Wildman–Crippen MR) is 104 cm³/mol. The summed E-state index contributed by atoms with van der Waals surface area (Å²) in [6.45, 7) is 10.8. The lowest BCUT2D eigenvalue weighted by atomic mass is 9.47. The molecule has 2 aliphatic heterocycles. The van der Waals surface area contributed by atoms with Crippen molar-refractivity contribution in [1.82, 2.24) is 0 Å². The monoisotopic (exact) mass is 386 g/mol. The molecule has 0 aromatic carbocycles. The van der Waals surface area contributed by atoms with Gasteiger partial charge in [-0.1, -0.05) is 27.7 Å². The van der Waals surface area contributed by atoms with Crippen molar-refractivity contribution in [2.24, 2.45) is 40.4 Å². The smallest absolute Gasteiger partial charge is 0.177 e. The van der Waals surface area contributed by atoms with E-state index in [0.29, 0.717) is 48.8 Å². The van der Waals surface area contributed by atoms with E-state index in [1.165, 1.54) is 12.0 Å². The van der Waals surface area contributed by atoms with Crippen LogP contribution in [0.3, 0.4) is 0 Å². The van der Waals surface area contributed by atoms with Crippen molar-refractivity contribution in [3.8, 4) is 0 Å². The van der Waals surface area contributed by atoms with Crippen LogP contribution in [0.4, 0.5) is 0 Å². The van der Waals surface area contributed by atoms with Crippen LogP contribution in [0.2, 0.25) is 0 Å². The largest absolute Gasteiger partial charge is 0.365 e. The number of epoxide rings is 1. The topological polar surface area (TPSA) is 48.1 Å². The van der Waals surface area contributed by atoms with Gasteiger partial charge in [0, 0.05) is 17.3 Å². The summed E-state index contributed by atoms with van der Waals surface area (Å²) >= 11 is 0. The number of carbonyl (C=O) groups is 1. The van der Waals surface area contributed by atoms with E-state index in [1.54, 1.807) is 0 Å². The van der Waals surface area contributed by atoms with E-state index in [0.717, 1.165) is 25.7 Å². The molecule has 6 rings (SSSR count). The van der Waals surface area contributed by atoms with Crippen molar-refractivity contribution in [1.29, 1.82) is 0 Å². The van der Waals surface area contributed by atoms with Gasteiger partial charge >= 0.3 is 0 Å². The minimum absolute atomic E-state index is 0.0652. The van der Waals surface area contributed by atoms with Gasteiger partial charge in [-0.3, -0.25) is 4.79 Å². The van der Waals surface area contributed by atoms with E-state index < -0.39 is 5.79 Å². The van der Waals surface area contributed by atoms with Crippen LogP contribution in [0.5, 0.6) is 0 Å². The van der Waals surface area contributed by atoms with Crippen LogP contribution in [0.15, 0.2) is 11.6 Å². The molecule has 0 N–H and O–H groups in total. The highest BCUT2D eigenvalue weighted by Gasteiger charge is 2.72. The molecular weight excluding hydrogens is 352 g/mol. The van der Waals surface area contributed by atoms with E-state index >= 15 is 0 Å². The van der Waals surface area contributed by atoms with Crippen LogP contribution in [0.1, 0.15) is 59.8 Å². The SMILES string of the molecule is CC(C)[C@@H]1C[C@H]2[C@@H]3C(=O)C=C4[C@@H]5O[C@@H]5CC[C@]4(C)[C@H]3CC[C@]2(C)C12OCCO2. The van der Waals surface area contributed by atoms with Crippen LogP contribution >= 0.6 is 0 Å². The van der Waals surface area contributed by atoms with Gasteiger partial charge in [-0.2, -0.15) is 0 Å². The second-order valence-corrected chi connectivity index (χ2v) is 11.2. The van der Waals surface area contributed by atoms with Gasteiger partial charge in [-0.15, -0.1) is 0 Å². The molecule has 4 aliphatic carbocycles. The fourth-order valence-corrected chi connectivity index (χ4v) is 8.43. The molecule has 2 heterocycles. The van der Waals surface area contributed by atoms with Crippen molar-refractivity contribution < 1.29 is 19.0 Å². The summed E-state index contributed by atoms with van der Waals surface area (Å²) in [5.74, 6) is 1.67. The molecule has 1 spiro atoms. The molecule has 2 saturated heterocycles. The molecule has 3 saturated carbocycles. The Morgan fingerprint density at radius 2 is 1.82 bits per heavy atom. The molecule has 5 fully saturated rings. The quantitative estimate of drug-likeness (QED) is 0.636. The van der Waals surface area contributed by atoms with E-state index in [9.17, 15) is 4.79 Å². The first-order valence-corrected chi connectivity index (χ1v) is 11.5. The van der Waals surface area contributed by atoms with Crippen LogP contribution in [0.25, 0.3) is 0 Å². The summed E-state index contributed by atoms with van der Waals surface area (Å²) in [5.41, 5.74) is 1.39. The number of ether oxygens (including phenoxy) is 3. The average Bonchev–Trinajstić information content (AvgIpc) is 3.18. The molecule has 0 unspecified atom stereocenters. The highest BCUT2D eigenvalue weighted by Crippen LogP contribution is 2.71. The third-order valence-electron chi connectivity index (χ3n) is 9.91. The maximum atomic E-state index is 13.5. The number of hydrogen-bond donors (Lipinski definition) is 0. The van der Waals surface area contributed by atoms with Crippen molar-refractivity contribution in [3.05, 3.63) is 11.6 Å². The van der Waals surface area contributed by atoms with Crippen molar-refractivity contribution in [2.45, 2.75) is 77.8 Å². The Morgan fingerprint density at radius 1 is 1.07 bits per heavy atom. The zero-order valence-electron chi connectivity index (χ0n) is 17.7. The van der Waals surface area contributed by atoms with Crippen molar-refractivity contribution in [2.75, 3.05) is 13.2 Å². The highest BCUT2D eigenvalue weighted by molar-refractivity contribution is 5.95. The highest BCUT2D eigenvalue weighted by atomic mass is 16.7. The molecule has 0 radical (unpaired) electrons. The van der Waals surface area contributed by atoms with E-state index in [4.69, 9.17) is 14.2 Å². The third-order valence-corrected chi connectivity index (χ3v) is 9.91. The Hall–Kier alpha value is -0.710. The van der Waals surface area contributed by atoms with Gasteiger partial charge in [0.25, 0.3) is 0 Å². The van der Waals surface area contributed by atoms with Gasteiger partial charge in [-0.25, -0.2) is 0 Å². The Morgan fingerprint density at radius 3 is 2.54 bits per heavy atom. The minimum atomic E-state index is -0.487. The zero-order valence-corrected chi connectivity index (χ0v) is 17.7. The predicted octanol–water partition coefficient (Wildman–Crippen LogP) is 4.13. The molecule has 0 aromatic rings. The lowest BCUT2D eigenvalue weighted by Gasteiger charge is -2.57. The Kier molecular flexibility index (Phi) is 3.55. The molecule has 8 atom stereocenters. The van der Waals surface area contributed by atoms with Gasteiger partial charge in [0.15, 0.2) is 11.6 Å². The maximum absolute atomic E-state index is 13.5. The second kappa shape index (κ2) is 5.50. The lowest BCUT2D eigenvalue weighted by molar-refractivity contribution is -0.265. The molecule has 154 valence electrons. The van der Waals surface area contributed by atoms with E-state index in [1.807, 2.05) is 6.08 Å². The average molecular weight is 387 g/mol. The Labute approximate surface area is 168 Å². The van der Waals surface area contributed by atoms with Gasteiger partial charge < -0.3 is 14.2 Å². The van der Waals surface area contributed by atoms with Gasteiger partial charge in [-0.05, 0) is 66.9 Å². The number of allylic oxidation sites excluding steroid dienone is 1. The fourth-order valence-electron chi connectivity index (χ4n) is 8.43. The molecule has 4 heteroatoms. The Balaban J connectivity index is 1.44. The summed E-state index contributed by atoms with van der Waals surface area (Å²) in [7, 11) is 0. The summed E-state index contributed by atoms with van der Waals surface area (Å²) in [5, 5.41) is 0. The molecule has 0 amide bonds. The normalized spacial score (nSPS) is 53.5. The third kappa shape index (κ3) is 1.96. The fraction of sp³-hybridized carbons (Fsp3) is 0.875. The Bertz CT molecular complexity index is 750. The summed E-state index contributed by atoms with van der Waals surface area (Å²) < 4.78 is 18.8. The molecule has 0 bridgehead atoms. The molecule has 28 heavy (non-hydrogen) atoms. The van der Waals surface area contributed by atoms with E-state index in [2.05, 4.69) is 27.7 Å². The minimum Gasteiger partial charge on any atom is -0.365 e. The number of carbonyl (C=O) groups excluding carboxylic acids is 1. The second-order valence-electron chi connectivity index (χ2n) is 11.2. The first-order chi connectivity index (χ1) is 13.3. The number of ketones is 1. The molecular formula is C24H34O4. The first-order valence-electron chi connectivity index (χ1n) is 11.5. The van der Waals surface area contributed by atoms with Crippen LogP contribution in [-0.2, 0) is 19.0 Å². The van der Waals surface area contributed by atoms with Crippen molar-refractivity contribution >= 4 is 5.78 Å². The molecule has 6 aliphatic rings.